The fourth-order valence-corrected chi connectivity index (χ4v) is 4.08. The van der Waals surface area contributed by atoms with Crippen LogP contribution in [0.3, 0.4) is 0 Å². The SMILES string of the molecule is C[C@H]1CCCC[C@H]1NC(=S)NNC(=O)c1cccc(S(=O)(=O)N(C)C)c1. The van der Waals surface area contributed by atoms with E-state index in [9.17, 15) is 13.2 Å². The summed E-state index contributed by atoms with van der Waals surface area (Å²) in [5, 5.41) is 3.58. The number of sulfonamides is 1. The number of amides is 1. The minimum atomic E-state index is -3.59. The molecule has 1 aliphatic carbocycles. The lowest BCUT2D eigenvalue weighted by Gasteiger charge is -2.30. The predicted molar refractivity (Wildman–Crippen MR) is 105 cm³/mol. The number of benzene rings is 1. The Morgan fingerprint density at radius 1 is 1.19 bits per heavy atom. The first-order chi connectivity index (χ1) is 12.2. The Balaban J connectivity index is 1.94. The van der Waals surface area contributed by atoms with Gasteiger partial charge in [0.05, 0.1) is 4.90 Å². The summed E-state index contributed by atoms with van der Waals surface area (Å²) >= 11 is 5.24. The first kappa shape index (κ1) is 20.6. The van der Waals surface area contributed by atoms with Crippen molar-refractivity contribution in [3.8, 4) is 0 Å². The summed E-state index contributed by atoms with van der Waals surface area (Å²) in [6.45, 7) is 2.19. The Hall–Kier alpha value is -1.71. The normalized spacial score (nSPS) is 20.5. The van der Waals surface area contributed by atoms with E-state index < -0.39 is 15.9 Å². The number of carbonyl (C=O) groups is 1. The molecule has 1 amide bonds. The number of thiocarbonyl (C=S) groups is 1. The number of nitrogens with zero attached hydrogens (tertiary/aromatic N) is 1. The monoisotopic (exact) mass is 398 g/mol. The molecule has 0 unspecified atom stereocenters. The number of hydrogen-bond acceptors (Lipinski definition) is 4. The largest absolute Gasteiger partial charge is 0.358 e. The second kappa shape index (κ2) is 8.79. The van der Waals surface area contributed by atoms with Gasteiger partial charge in [-0.3, -0.25) is 15.6 Å². The third-order valence-corrected chi connectivity index (χ3v) is 6.62. The Kier molecular flexibility index (Phi) is 6.96. The van der Waals surface area contributed by atoms with Gasteiger partial charge in [-0.1, -0.05) is 25.8 Å². The van der Waals surface area contributed by atoms with Gasteiger partial charge in [0.1, 0.15) is 0 Å². The second-order valence-corrected chi connectivity index (χ2v) is 9.30. The third kappa shape index (κ3) is 5.15. The Bertz CT molecular complexity index is 765. The van der Waals surface area contributed by atoms with Crippen LogP contribution in [0.5, 0.6) is 0 Å². The molecule has 0 aromatic heterocycles. The van der Waals surface area contributed by atoms with Gasteiger partial charge in [-0.05, 0) is 49.2 Å². The maximum Gasteiger partial charge on any atom is 0.269 e. The zero-order chi connectivity index (χ0) is 19.3. The summed E-state index contributed by atoms with van der Waals surface area (Å²) < 4.78 is 25.4. The average Bonchev–Trinajstić information content (AvgIpc) is 2.61. The highest BCUT2D eigenvalue weighted by atomic mass is 32.2. The number of rotatable bonds is 4. The van der Waals surface area contributed by atoms with E-state index in [0.29, 0.717) is 17.1 Å². The second-order valence-electron chi connectivity index (χ2n) is 6.74. The summed E-state index contributed by atoms with van der Waals surface area (Å²) in [5.41, 5.74) is 5.43. The van der Waals surface area contributed by atoms with Crippen molar-refractivity contribution in [3.05, 3.63) is 29.8 Å². The lowest BCUT2D eigenvalue weighted by Crippen LogP contribution is -2.51. The van der Waals surface area contributed by atoms with Gasteiger partial charge in [-0.25, -0.2) is 12.7 Å². The van der Waals surface area contributed by atoms with Gasteiger partial charge < -0.3 is 5.32 Å². The van der Waals surface area contributed by atoms with Gasteiger partial charge in [-0.15, -0.1) is 0 Å². The van der Waals surface area contributed by atoms with E-state index in [1.807, 2.05) is 0 Å². The Morgan fingerprint density at radius 2 is 1.88 bits per heavy atom. The molecule has 1 saturated carbocycles. The maximum atomic E-state index is 12.3. The molecule has 0 radical (unpaired) electrons. The molecule has 26 heavy (non-hydrogen) atoms. The topological polar surface area (TPSA) is 90.5 Å². The molecule has 2 rings (SSSR count). The van der Waals surface area contributed by atoms with Gasteiger partial charge in [-0.2, -0.15) is 0 Å². The van der Waals surface area contributed by atoms with E-state index in [1.165, 1.54) is 51.6 Å². The number of nitrogens with one attached hydrogen (secondary N) is 3. The molecule has 0 saturated heterocycles. The van der Waals surface area contributed by atoms with E-state index in [4.69, 9.17) is 12.2 Å². The molecule has 0 heterocycles. The molecule has 0 bridgehead atoms. The van der Waals surface area contributed by atoms with Crippen molar-refractivity contribution in [1.82, 2.24) is 20.5 Å². The molecule has 1 aromatic carbocycles. The summed E-state index contributed by atoms with van der Waals surface area (Å²) in [6, 6.07) is 6.17. The van der Waals surface area contributed by atoms with E-state index in [0.717, 1.165) is 10.7 Å². The third-order valence-electron chi connectivity index (χ3n) is 4.59. The highest BCUT2D eigenvalue weighted by Crippen LogP contribution is 2.23. The molecule has 1 aliphatic rings. The van der Waals surface area contributed by atoms with Crippen LogP contribution in [0.25, 0.3) is 0 Å². The molecule has 1 aromatic rings. The molecule has 144 valence electrons. The van der Waals surface area contributed by atoms with Gasteiger partial charge in [0, 0.05) is 25.7 Å². The molecule has 3 N–H and O–H groups in total. The molecular formula is C17H26N4O3S2. The lowest BCUT2D eigenvalue weighted by molar-refractivity contribution is 0.0943. The van der Waals surface area contributed by atoms with Crippen LogP contribution in [-0.2, 0) is 10.0 Å². The molecule has 0 aliphatic heterocycles. The molecular weight excluding hydrogens is 372 g/mol. The minimum Gasteiger partial charge on any atom is -0.358 e. The fourth-order valence-electron chi connectivity index (χ4n) is 2.93. The van der Waals surface area contributed by atoms with Crippen LogP contribution in [0.1, 0.15) is 43.0 Å². The van der Waals surface area contributed by atoms with Crippen LogP contribution >= 0.6 is 12.2 Å². The highest BCUT2D eigenvalue weighted by molar-refractivity contribution is 7.89. The van der Waals surface area contributed by atoms with Crippen LogP contribution in [0.2, 0.25) is 0 Å². The van der Waals surface area contributed by atoms with Crippen LogP contribution in [0.15, 0.2) is 29.2 Å². The van der Waals surface area contributed by atoms with Gasteiger partial charge in [0.25, 0.3) is 5.91 Å². The maximum absolute atomic E-state index is 12.3. The van der Waals surface area contributed by atoms with Gasteiger partial charge in [0.15, 0.2) is 5.11 Å². The number of carbonyl (C=O) groups excluding carboxylic acids is 1. The van der Waals surface area contributed by atoms with Crippen LogP contribution in [0.4, 0.5) is 0 Å². The Morgan fingerprint density at radius 3 is 2.54 bits per heavy atom. The fraction of sp³-hybridized carbons (Fsp3) is 0.529. The van der Waals surface area contributed by atoms with Crippen molar-refractivity contribution < 1.29 is 13.2 Å². The van der Waals surface area contributed by atoms with Crippen molar-refractivity contribution in [2.45, 2.75) is 43.5 Å². The van der Waals surface area contributed by atoms with Crippen LogP contribution in [0, 0.1) is 5.92 Å². The van der Waals surface area contributed by atoms with E-state index in [1.54, 1.807) is 6.07 Å². The first-order valence-electron chi connectivity index (χ1n) is 8.61. The van der Waals surface area contributed by atoms with Crippen LogP contribution in [-0.4, -0.2) is 43.9 Å². The smallest absolute Gasteiger partial charge is 0.269 e. The van der Waals surface area contributed by atoms with Gasteiger partial charge in [0.2, 0.25) is 10.0 Å². The standard InChI is InChI=1S/C17H26N4O3S2/c1-12-7-4-5-10-15(12)18-17(25)20-19-16(22)13-8-6-9-14(11-13)26(23,24)21(2)3/h6,8-9,11-12,15H,4-5,7,10H2,1-3H3,(H,19,22)(H2,18,20,25)/t12-,15+/m0/s1. The molecule has 7 nitrogen and oxygen atoms in total. The van der Waals surface area contributed by atoms with E-state index in [2.05, 4.69) is 23.1 Å². The minimum absolute atomic E-state index is 0.0619. The van der Waals surface area contributed by atoms with Crippen molar-refractivity contribution in [2.24, 2.45) is 5.92 Å². The van der Waals surface area contributed by atoms with Crippen molar-refractivity contribution >= 4 is 33.3 Å². The predicted octanol–water partition coefficient (Wildman–Crippen LogP) is 1.62. The quantitative estimate of drug-likeness (QED) is 0.528. The molecule has 9 heteroatoms. The average molecular weight is 399 g/mol. The molecule has 0 spiro atoms. The summed E-state index contributed by atoms with van der Waals surface area (Å²) in [5.74, 6) is 0.0776. The summed E-state index contributed by atoms with van der Waals surface area (Å²) in [4.78, 5) is 12.3. The highest BCUT2D eigenvalue weighted by Gasteiger charge is 2.22. The zero-order valence-corrected chi connectivity index (χ0v) is 16.9. The molecule has 1 fully saturated rings. The van der Waals surface area contributed by atoms with Crippen molar-refractivity contribution in [2.75, 3.05) is 14.1 Å². The summed E-state index contributed by atoms with van der Waals surface area (Å²) in [6.07, 6.45) is 4.63. The van der Waals surface area contributed by atoms with Crippen molar-refractivity contribution in [1.29, 1.82) is 0 Å². The van der Waals surface area contributed by atoms with Crippen LogP contribution < -0.4 is 16.2 Å². The lowest BCUT2D eigenvalue weighted by atomic mass is 9.86. The van der Waals surface area contributed by atoms with Gasteiger partial charge >= 0.3 is 0 Å². The molecule has 2 atom stereocenters. The van der Waals surface area contributed by atoms with Crippen molar-refractivity contribution in [3.63, 3.8) is 0 Å². The number of hydrazine groups is 1. The summed E-state index contributed by atoms with van der Waals surface area (Å²) in [7, 11) is -0.706. The Labute approximate surface area is 160 Å². The first-order valence-corrected chi connectivity index (χ1v) is 10.5. The van der Waals surface area contributed by atoms with E-state index in [-0.39, 0.29) is 10.5 Å². The number of hydrogen-bond donors (Lipinski definition) is 3. The zero-order valence-electron chi connectivity index (χ0n) is 15.3. The van der Waals surface area contributed by atoms with E-state index >= 15 is 0 Å².